The fraction of sp³-hybridized carbons (Fsp3) is 0.500. The Balaban J connectivity index is 2.65. The van der Waals surface area contributed by atoms with Gasteiger partial charge < -0.3 is 4.90 Å². The van der Waals surface area contributed by atoms with Crippen LogP contribution in [-0.2, 0) is 0 Å². The number of aromatic nitrogens is 3. The predicted octanol–water partition coefficient (Wildman–Crippen LogP) is 2.41. The molecule has 0 fully saturated rings. The number of aryl methyl sites for hydroxylation is 1. The van der Waals surface area contributed by atoms with Crippen LogP contribution >= 0.6 is 0 Å². The van der Waals surface area contributed by atoms with E-state index in [0.29, 0.717) is 12.1 Å². The highest BCUT2D eigenvalue weighted by Crippen LogP contribution is 2.21. The lowest BCUT2D eigenvalue weighted by Gasteiger charge is -2.15. The second-order valence-electron chi connectivity index (χ2n) is 5.05. The van der Waals surface area contributed by atoms with Gasteiger partial charge in [0.2, 0.25) is 0 Å². The molecule has 0 unspecified atom stereocenters. The lowest BCUT2D eigenvalue weighted by molar-refractivity contribution is 0.0804. The van der Waals surface area contributed by atoms with Crippen molar-refractivity contribution < 1.29 is 4.79 Å². The fourth-order valence-electron chi connectivity index (χ4n) is 2.05. The minimum absolute atomic E-state index is 0.0151. The Kier molecular flexibility index (Phi) is 3.55. The molecule has 2 rings (SSSR count). The lowest BCUT2D eigenvalue weighted by atomic mass is 10.1. The zero-order valence-electron chi connectivity index (χ0n) is 12.1. The van der Waals surface area contributed by atoms with Gasteiger partial charge in [-0.15, -0.1) is 0 Å². The molecule has 0 aliphatic carbocycles. The van der Waals surface area contributed by atoms with Crippen molar-refractivity contribution in [3.05, 3.63) is 23.5 Å². The number of pyridine rings is 1. The molecule has 2 aromatic rings. The van der Waals surface area contributed by atoms with Crippen LogP contribution in [-0.4, -0.2) is 39.2 Å². The van der Waals surface area contributed by atoms with Gasteiger partial charge in [0.25, 0.3) is 5.91 Å². The van der Waals surface area contributed by atoms with E-state index in [0.717, 1.165) is 16.7 Å². The highest BCUT2D eigenvalue weighted by Gasteiger charge is 2.18. The normalized spacial score (nSPS) is 11.3. The smallest absolute Gasteiger partial charge is 0.254 e. The van der Waals surface area contributed by atoms with E-state index in [1.165, 1.54) is 0 Å². The Labute approximate surface area is 113 Å². The first-order valence-electron chi connectivity index (χ1n) is 6.56. The third kappa shape index (κ3) is 2.32. The van der Waals surface area contributed by atoms with E-state index in [1.54, 1.807) is 18.1 Å². The number of rotatable bonds is 3. The molecular weight excluding hydrogens is 240 g/mol. The van der Waals surface area contributed by atoms with Gasteiger partial charge in [-0.25, -0.2) is 9.67 Å². The van der Waals surface area contributed by atoms with Gasteiger partial charge in [-0.3, -0.25) is 4.79 Å². The molecular formula is C14H20N4O. The number of hydrogen-bond donors (Lipinski definition) is 0. The van der Waals surface area contributed by atoms with Gasteiger partial charge in [-0.05, 0) is 33.8 Å². The molecule has 0 N–H and O–H groups in total. The van der Waals surface area contributed by atoms with E-state index in [2.05, 4.69) is 23.9 Å². The van der Waals surface area contributed by atoms with E-state index in [1.807, 2.05) is 24.6 Å². The van der Waals surface area contributed by atoms with Gasteiger partial charge in [0.05, 0.1) is 17.1 Å². The van der Waals surface area contributed by atoms with Crippen molar-refractivity contribution in [2.45, 2.75) is 33.7 Å². The average molecular weight is 260 g/mol. The molecule has 0 saturated carbocycles. The summed E-state index contributed by atoms with van der Waals surface area (Å²) in [5.41, 5.74) is 2.30. The molecule has 0 bridgehead atoms. The molecule has 0 aliphatic heterocycles. The molecule has 2 aromatic heterocycles. The van der Waals surface area contributed by atoms with Crippen LogP contribution in [0, 0.1) is 6.92 Å². The molecule has 0 aliphatic rings. The van der Waals surface area contributed by atoms with Gasteiger partial charge in [0.1, 0.15) is 0 Å². The molecule has 5 heteroatoms. The van der Waals surface area contributed by atoms with Crippen LogP contribution in [0.1, 0.15) is 42.9 Å². The summed E-state index contributed by atoms with van der Waals surface area (Å²) in [6, 6.07) is 2.06. The summed E-state index contributed by atoms with van der Waals surface area (Å²) in [6.45, 7) is 8.65. The Morgan fingerprint density at radius 1 is 1.47 bits per heavy atom. The Morgan fingerprint density at radius 3 is 2.74 bits per heavy atom. The molecule has 0 aromatic carbocycles. The van der Waals surface area contributed by atoms with Crippen molar-refractivity contribution in [3.8, 4) is 0 Å². The zero-order chi connectivity index (χ0) is 14.2. The van der Waals surface area contributed by atoms with E-state index in [9.17, 15) is 4.79 Å². The van der Waals surface area contributed by atoms with Crippen LogP contribution in [0.15, 0.2) is 12.3 Å². The average Bonchev–Trinajstić information content (AvgIpc) is 2.79. The first-order chi connectivity index (χ1) is 8.95. The maximum Gasteiger partial charge on any atom is 0.254 e. The molecule has 19 heavy (non-hydrogen) atoms. The highest BCUT2D eigenvalue weighted by molar-refractivity contribution is 6.05. The lowest BCUT2D eigenvalue weighted by Crippen LogP contribution is -2.26. The number of carbonyl (C=O) groups is 1. The van der Waals surface area contributed by atoms with Crippen LogP contribution in [0.4, 0.5) is 0 Å². The van der Waals surface area contributed by atoms with Crippen LogP contribution < -0.4 is 0 Å². The quantitative estimate of drug-likeness (QED) is 0.851. The largest absolute Gasteiger partial charge is 0.342 e. The molecule has 2 heterocycles. The van der Waals surface area contributed by atoms with Crippen LogP contribution in [0.3, 0.4) is 0 Å². The summed E-state index contributed by atoms with van der Waals surface area (Å²) in [7, 11) is 1.80. The van der Waals surface area contributed by atoms with Crippen molar-refractivity contribution in [2.24, 2.45) is 0 Å². The molecule has 0 spiro atoms. The minimum atomic E-state index is 0.0151. The summed E-state index contributed by atoms with van der Waals surface area (Å²) >= 11 is 0. The number of nitrogens with zero attached hydrogens (tertiary/aromatic N) is 4. The van der Waals surface area contributed by atoms with Crippen LogP contribution in [0.25, 0.3) is 11.0 Å². The third-order valence-corrected chi connectivity index (χ3v) is 3.24. The molecule has 5 nitrogen and oxygen atoms in total. The van der Waals surface area contributed by atoms with Crippen LogP contribution in [0.5, 0.6) is 0 Å². The second-order valence-corrected chi connectivity index (χ2v) is 5.05. The zero-order valence-corrected chi connectivity index (χ0v) is 12.1. The Hall–Kier alpha value is -1.91. The molecule has 0 saturated heterocycles. The van der Waals surface area contributed by atoms with Gasteiger partial charge in [-0.2, -0.15) is 5.10 Å². The maximum atomic E-state index is 12.4. The Bertz CT molecular complexity index is 615. The van der Waals surface area contributed by atoms with Gasteiger partial charge in [0, 0.05) is 25.3 Å². The van der Waals surface area contributed by atoms with Gasteiger partial charge in [-0.1, -0.05) is 0 Å². The van der Waals surface area contributed by atoms with Gasteiger partial charge in [0.15, 0.2) is 5.65 Å². The summed E-state index contributed by atoms with van der Waals surface area (Å²) < 4.78 is 1.85. The van der Waals surface area contributed by atoms with E-state index in [4.69, 9.17) is 0 Å². The van der Waals surface area contributed by atoms with Crippen molar-refractivity contribution in [3.63, 3.8) is 0 Å². The standard InChI is InChI=1S/C14H20N4O/c1-6-17(5)14(19)11-7-10(4)16-13-12(11)8-15-18(13)9(2)3/h7-9H,6H2,1-5H3. The predicted molar refractivity (Wildman–Crippen MR) is 75.3 cm³/mol. The van der Waals surface area contributed by atoms with Gasteiger partial charge >= 0.3 is 0 Å². The van der Waals surface area contributed by atoms with Crippen LogP contribution in [0.2, 0.25) is 0 Å². The molecule has 0 radical (unpaired) electrons. The van der Waals surface area contributed by atoms with E-state index in [-0.39, 0.29) is 11.9 Å². The maximum absolute atomic E-state index is 12.4. The third-order valence-electron chi connectivity index (χ3n) is 3.24. The monoisotopic (exact) mass is 260 g/mol. The van der Waals surface area contributed by atoms with Crippen molar-refractivity contribution >= 4 is 16.9 Å². The molecule has 0 atom stereocenters. The summed E-state index contributed by atoms with van der Waals surface area (Å²) in [5, 5.41) is 5.17. The second kappa shape index (κ2) is 4.99. The first-order valence-corrected chi connectivity index (χ1v) is 6.56. The SMILES string of the molecule is CCN(C)C(=O)c1cc(C)nc2c1cnn2C(C)C. The summed E-state index contributed by atoms with van der Waals surface area (Å²) in [5.74, 6) is 0.0151. The summed E-state index contributed by atoms with van der Waals surface area (Å²) in [4.78, 5) is 18.6. The summed E-state index contributed by atoms with van der Waals surface area (Å²) in [6.07, 6.45) is 1.73. The molecule has 102 valence electrons. The number of carbonyl (C=O) groups excluding carboxylic acids is 1. The van der Waals surface area contributed by atoms with E-state index < -0.39 is 0 Å². The topological polar surface area (TPSA) is 51.0 Å². The van der Waals surface area contributed by atoms with E-state index >= 15 is 0 Å². The number of hydrogen-bond acceptors (Lipinski definition) is 3. The van der Waals surface area contributed by atoms with Crippen molar-refractivity contribution in [1.82, 2.24) is 19.7 Å². The number of fused-ring (bicyclic) bond motifs is 1. The first kappa shape index (κ1) is 13.5. The fourth-order valence-corrected chi connectivity index (χ4v) is 2.05. The van der Waals surface area contributed by atoms with Crippen molar-refractivity contribution in [1.29, 1.82) is 0 Å². The van der Waals surface area contributed by atoms with Crippen molar-refractivity contribution in [2.75, 3.05) is 13.6 Å². The highest BCUT2D eigenvalue weighted by atomic mass is 16.2. The molecule has 1 amide bonds. The minimum Gasteiger partial charge on any atom is -0.342 e. The number of amides is 1. The Morgan fingerprint density at radius 2 is 2.16 bits per heavy atom.